The van der Waals surface area contributed by atoms with Gasteiger partial charge >= 0.3 is 5.97 Å². The molecule has 6 nitrogen and oxygen atoms in total. The molecule has 2 aliphatic heterocycles. The lowest BCUT2D eigenvalue weighted by Crippen LogP contribution is -2.49. The van der Waals surface area contributed by atoms with Gasteiger partial charge in [0.2, 0.25) is 0 Å². The first-order chi connectivity index (χ1) is 12.2. The van der Waals surface area contributed by atoms with Gasteiger partial charge in [-0.3, -0.25) is 9.48 Å². The van der Waals surface area contributed by atoms with Gasteiger partial charge in [-0.1, -0.05) is 24.3 Å². The van der Waals surface area contributed by atoms with E-state index in [1.54, 1.807) is 11.1 Å². The Morgan fingerprint density at radius 3 is 2.80 bits per heavy atom. The van der Waals surface area contributed by atoms with Crippen LogP contribution >= 0.6 is 0 Å². The van der Waals surface area contributed by atoms with E-state index in [-0.39, 0.29) is 11.9 Å². The van der Waals surface area contributed by atoms with Crippen LogP contribution in [0.15, 0.2) is 30.5 Å². The van der Waals surface area contributed by atoms with Gasteiger partial charge in [0.15, 0.2) is 0 Å². The summed E-state index contributed by atoms with van der Waals surface area (Å²) in [5, 5.41) is 4.36. The van der Waals surface area contributed by atoms with E-state index in [1.807, 2.05) is 28.9 Å². The van der Waals surface area contributed by atoms with Gasteiger partial charge in [0.1, 0.15) is 6.04 Å². The molecule has 2 aromatic rings. The van der Waals surface area contributed by atoms with Gasteiger partial charge in [-0.15, -0.1) is 0 Å². The number of hydrogen-bond donors (Lipinski definition) is 0. The Hall–Kier alpha value is -2.63. The Kier molecular flexibility index (Phi) is 4.03. The lowest BCUT2D eigenvalue weighted by molar-refractivity contribution is -0.146. The number of fused-ring (bicyclic) bond motifs is 2. The molecule has 1 aromatic carbocycles. The molecule has 4 rings (SSSR count). The molecule has 0 radical (unpaired) electrons. The normalized spacial score (nSPS) is 19.1. The average molecular weight is 339 g/mol. The van der Waals surface area contributed by atoms with Gasteiger partial charge in [-0.05, 0) is 30.4 Å². The van der Waals surface area contributed by atoms with Gasteiger partial charge < -0.3 is 9.64 Å². The van der Waals surface area contributed by atoms with Crippen LogP contribution in [0, 0.1) is 0 Å². The van der Waals surface area contributed by atoms with E-state index in [0.29, 0.717) is 18.5 Å². The molecule has 2 aliphatic rings. The van der Waals surface area contributed by atoms with Crippen molar-refractivity contribution < 1.29 is 14.3 Å². The van der Waals surface area contributed by atoms with Crippen LogP contribution in [0.2, 0.25) is 0 Å². The summed E-state index contributed by atoms with van der Waals surface area (Å²) in [7, 11) is 1.37. The van der Waals surface area contributed by atoms with E-state index in [9.17, 15) is 9.59 Å². The molecule has 1 atom stereocenters. The highest BCUT2D eigenvalue weighted by atomic mass is 16.5. The predicted molar refractivity (Wildman–Crippen MR) is 91.0 cm³/mol. The molecule has 0 saturated carbocycles. The van der Waals surface area contributed by atoms with Crippen LogP contribution in [0.5, 0.6) is 0 Å². The lowest BCUT2D eigenvalue weighted by Gasteiger charge is -2.35. The van der Waals surface area contributed by atoms with Crippen molar-refractivity contribution in [3.8, 4) is 0 Å². The molecule has 1 aromatic heterocycles. The fourth-order valence-electron chi connectivity index (χ4n) is 3.84. The maximum atomic E-state index is 13.2. The molecular formula is C19H21N3O3. The maximum Gasteiger partial charge on any atom is 0.328 e. The van der Waals surface area contributed by atoms with Gasteiger partial charge in [0.05, 0.1) is 24.6 Å². The summed E-state index contributed by atoms with van der Waals surface area (Å²) in [4.78, 5) is 27.2. The van der Waals surface area contributed by atoms with Gasteiger partial charge in [0.25, 0.3) is 5.91 Å². The first-order valence-electron chi connectivity index (χ1n) is 8.69. The molecular weight excluding hydrogens is 318 g/mol. The number of ether oxygens (including phenoxy) is 1. The first kappa shape index (κ1) is 15.9. The Morgan fingerprint density at radius 2 is 2.00 bits per heavy atom. The minimum Gasteiger partial charge on any atom is -0.467 e. The fraction of sp³-hybridized carbons (Fsp3) is 0.421. The Labute approximate surface area is 146 Å². The molecule has 1 amide bonds. The highest BCUT2D eigenvalue weighted by molar-refractivity contribution is 5.98. The molecule has 0 unspecified atom stereocenters. The van der Waals surface area contributed by atoms with Crippen LogP contribution in [-0.2, 0) is 35.5 Å². The second-order valence-corrected chi connectivity index (χ2v) is 6.63. The van der Waals surface area contributed by atoms with Crippen molar-refractivity contribution in [2.24, 2.45) is 0 Å². The second kappa shape index (κ2) is 6.35. The first-order valence-corrected chi connectivity index (χ1v) is 8.69. The lowest BCUT2D eigenvalue weighted by atomic mass is 9.93. The second-order valence-electron chi connectivity index (χ2n) is 6.63. The largest absolute Gasteiger partial charge is 0.467 e. The topological polar surface area (TPSA) is 64.4 Å². The summed E-state index contributed by atoms with van der Waals surface area (Å²) < 4.78 is 6.88. The molecule has 130 valence electrons. The molecule has 0 fully saturated rings. The standard InChI is InChI=1S/C19H21N3O3/c1-25-19(24)17-10-13-6-2-3-7-14(13)12-21(17)18(23)15-11-20-22-9-5-4-8-16(15)22/h2-3,6-7,11,17H,4-5,8-10,12H2,1H3/t17-/m1/s1. The number of carbonyl (C=O) groups is 2. The summed E-state index contributed by atoms with van der Waals surface area (Å²) in [6, 6.07) is 7.35. The monoisotopic (exact) mass is 339 g/mol. The Morgan fingerprint density at radius 1 is 1.20 bits per heavy atom. The van der Waals surface area contributed by atoms with Gasteiger partial charge in [0, 0.05) is 19.5 Å². The maximum absolute atomic E-state index is 13.2. The minimum absolute atomic E-state index is 0.131. The van der Waals surface area contributed by atoms with E-state index in [2.05, 4.69) is 5.10 Å². The van der Waals surface area contributed by atoms with Crippen molar-refractivity contribution in [3.63, 3.8) is 0 Å². The van der Waals surface area contributed by atoms with Crippen LogP contribution < -0.4 is 0 Å². The van der Waals surface area contributed by atoms with Crippen molar-refractivity contribution in [1.29, 1.82) is 0 Å². The molecule has 25 heavy (non-hydrogen) atoms. The molecule has 3 heterocycles. The highest BCUT2D eigenvalue weighted by Gasteiger charge is 2.37. The number of methoxy groups -OCH3 is 1. The smallest absolute Gasteiger partial charge is 0.328 e. The van der Waals surface area contributed by atoms with Crippen molar-refractivity contribution in [3.05, 3.63) is 52.8 Å². The SMILES string of the molecule is COC(=O)[C@H]1Cc2ccccc2CN1C(=O)c1cnn2c1CCCC2. The third-order valence-electron chi connectivity index (χ3n) is 5.20. The van der Waals surface area contributed by atoms with Crippen molar-refractivity contribution >= 4 is 11.9 Å². The van der Waals surface area contributed by atoms with Crippen molar-refractivity contribution in [1.82, 2.24) is 14.7 Å². The number of benzene rings is 1. The number of hydrogen-bond acceptors (Lipinski definition) is 4. The minimum atomic E-state index is -0.591. The number of rotatable bonds is 2. The van der Waals surface area contributed by atoms with Crippen LogP contribution in [0.25, 0.3) is 0 Å². The molecule has 6 heteroatoms. The fourth-order valence-corrected chi connectivity index (χ4v) is 3.84. The predicted octanol–water partition coefficient (Wildman–Crippen LogP) is 1.96. The van der Waals surface area contributed by atoms with Crippen LogP contribution in [0.3, 0.4) is 0 Å². The molecule has 0 bridgehead atoms. The van der Waals surface area contributed by atoms with Crippen LogP contribution in [0.4, 0.5) is 0 Å². The number of aryl methyl sites for hydroxylation is 1. The average Bonchev–Trinajstić information content (AvgIpc) is 3.10. The number of amides is 1. The summed E-state index contributed by atoms with van der Waals surface area (Å²) in [6.45, 7) is 1.27. The molecule has 0 aliphatic carbocycles. The number of aromatic nitrogens is 2. The third kappa shape index (κ3) is 2.71. The van der Waals surface area contributed by atoms with E-state index < -0.39 is 6.04 Å². The summed E-state index contributed by atoms with van der Waals surface area (Å²) >= 11 is 0. The quantitative estimate of drug-likeness (QED) is 0.785. The zero-order valence-electron chi connectivity index (χ0n) is 14.3. The number of carbonyl (C=O) groups excluding carboxylic acids is 2. The van der Waals surface area contributed by atoms with Gasteiger partial charge in [-0.25, -0.2) is 4.79 Å². The molecule has 0 spiro atoms. The van der Waals surface area contributed by atoms with Crippen LogP contribution in [-0.4, -0.2) is 39.7 Å². The third-order valence-corrected chi connectivity index (χ3v) is 5.20. The van der Waals surface area contributed by atoms with E-state index in [4.69, 9.17) is 4.74 Å². The summed E-state index contributed by atoms with van der Waals surface area (Å²) in [6.07, 6.45) is 5.14. The van der Waals surface area contributed by atoms with Crippen LogP contribution in [0.1, 0.15) is 40.0 Å². The van der Waals surface area contributed by atoms with Crippen molar-refractivity contribution in [2.75, 3.05) is 7.11 Å². The molecule has 0 saturated heterocycles. The highest BCUT2D eigenvalue weighted by Crippen LogP contribution is 2.27. The van der Waals surface area contributed by atoms with E-state index in [1.165, 1.54) is 7.11 Å². The zero-order chi connectivity index (χ0) is 17.4. The summed E-state index contributed by atoms with van der Waals surface area (Å²) in [5.41, 5.74) is 3.78. The number of nitrogens with zero attached hydrogens (tertiary/aromatic N) is 3. The Balaban J connectivity index is 1.70. The van der Waals surface area contributed by atoms with Crippen molar-refractivity contribution in [2.45, 2.75) is 44.8 Å². The molecule has 0 N–H and O–H groups in total. The van der Waals surface area contributed by atoms with E-state index >= 15 is 0 Å². The zero-order valence-corrected chi connectivity index (χ0v) is 14.3. The summed E-state index contributed by atoms with van der Waals surface area (Å²) in [5.74, 6) is -0.503. The van der Waals surface area contributed by atoms with E-state index in [0.717, 1.165) is 42.6 Å². The number of esters is 1. The van der Waals surface area contributed by atoms with Gasteiger partial charge in [-0.2, -0.15) is 5.10 Å². The Bertz CT molecular complexity index is 827.